The summed E-state index contributed by atoms with van der Waals surface area (Å²) in [6.45, 7) is 9.15. The van der Waals surface area contributed by atoms with Crippen LogP contribution in [0, 0.1) is 0 Å². The second-order valence-corrected chi connectivity index (χ2v) is 6.67. The lowest BCUT2D eigenvalue weighted by atomic mass is 9.91. The fourth-order valence-electron chi connectivity index (χ4n) is 2.09. The van der Waals surface area contributed by atoms with Gasteiger partial charge in [0.2, 0.25) is 0 Å². The largest absolute Gasteiger partial charge is 0.318 e. The topological polar surface area (TPSA) is 33.2 Å². The van der Waals surface area contributed by atoms with Gasteiger partial charge >= 0.3 is 0 Å². The number of para-hydroxylation sites is 1. The molecule has 0 bridgehead atoms. The molecule has 0 aliphatic heterocycles. The van der Waals surface area contributed by atoms with Gasteiger partial charge in [0.05, 0.1) is 10.6 Å². The number of aromatic nitrogens is 1. The summed E-state index contributed by atoms with van der Waals surface area (Å²) in [4.78, 5) is 18.9. The van der Waals surface area contributed by atoms with Crippen LogP contribution in [0.25, 0.3) is 0 Å². The van der Waals surface area contributed by atoms with Crippen LogP contribution < -0.4 is 4.90 Å². The van der Waals surface area contributed by atoms with Crippen molar-refractivity contribution < 1.29 is 4.79 Å². The van der Waals surface area contributed by atoms with E-state index in [0.29, 0.717) is 0 Å². The highest BCUT2D eigenvalue weighted by molar-refractivity contribution is 7.17. The highest BCUT2D eigenvalue weighted by Crippen LogP contribution is 2.35. The number of aldehydes is 1. The third-order valence-corrected chi connectivity index (χ3v) is 4.08. The number of hydrogen-bond donors (Lipinski definition) is 0. The number of rotatable bonds is 4. The maximum atomic E-state index is 11.3. The first-order chi connectivity index (χ1) is 9.47. The highest BCUT2D eigenvalue weighted by atomic mass is 32.1. The zero-order chi connectivity index (χ0) is 14.8. The molecule has 3 nitrogen and oxygen atoms in total. The Bertz CT molecular complexity index is 584. The predicted molar refractivity (Wildman–Crippen MR) is 85.3 cm³/mol. The van der Waals surface area contributed by atoms with Crippen molar-refractivity contribution >= 4 is 28.4 Å². The monoisotopic (exact) mass is 288 g/mol. The maximum absolute atomic E-state index is 11.3. The van der Waals surface area contributed by atoms with E-state index in [1.54, 1.807) is 0 Å². The summed E-state index contributed by atoms with van der Waals surface area (Å²) in [5, 5.41) is 0.880. The van der Waals surface area contributed by atoms with Crippen LogP contribution in [-0.2, 0) is 5.41 Å². The van der Waals surface area contributed by atoms with Gasteiger partial charge in [-0.05, 0) is 19.1 Å². The smallest absolute Gasteiger partial charge is 0.190 e. The van der Waals surface area contributed by atoms with Crippen molar-refractivity contribution in [1.29, 1.82) is 0 Å². The molecule has 106 valence electrons. The molecule has 4 heteroatoms. The van der Waals surface area contributed by atoms with Crippen LogP contribution in [0.15, 0.2) is 30.3 Å². The molecule has 0 atom stereocenters. The Morgan fingerprint density at radius 3 is 2.35 bits per heavy atom. The van der Waals surface area contributed by atoms with Gasteiger partial charge in [0.1, 0.15) is 0 Å². The Hall–Kier alpha value is -1.68. The second kappa shape index (κ2) is 5.75. The van der Waals surface area contributed by atoms with E-state index in [2.05, 4.69) is 44.7 Å². The molecule has 0 aliphatic carbocycles. The quantitative estimate of drug-likeness (QED) is 0.781. The first-order valence-electron chi connectivity index (χ1n) is 6.76. The zero-order valence-electron chi connectivity index (χ0n) is 12.4. The summed E-state index contributed by atoms with van der Waals surface area (Å²) in [7, 11) is 0. The van der Waals surface area contributed by atoms with Crippen molar-refractivity contribution in [3.63, 3.8) is 0 Å². The number of carbonyl (C=O) groups is 1. The number of thiazole rings is 1. The van der Waals surface area contributed by atoms with E-state index in [9.17, 15) is 4.79 Å². The minimum absolute atomic E-state index is 0.124. The first kappa shape index (κ1) is 14.7. The Kier molecular flexibility index (Phi) is 4.23. The lowest BCUT2D eigenvalue weighted by Gasteiger charge is -2.20. The molecule has 2 aromatic rings. The molecular weight excluding hydrogens is 268 g/mol. The van der Waals surface area contributed by atoms with E-state index in [4.69, 9.17) is 4.98 Å². The van der Waals surface area contributed by atoms with Gasteiger partial charge in [-0.15, -0.1) is 0 Å². The van der Waals surface area contributed by atoms with Gasteiger partial charge in [-0.25, -0.2) is 4.98 Å². The van der Waals surface area contributed by atoms with Gasteiger partial charge in [-0.3, -0.25) is 4.79 Å². The number of hydrogen-bond acceptors (Lipinski definition) is 4. The lowest BCUT2D eigenvalue weighted by molar-refractivity contribution is 0.112. The molecule has 2 rings (SSSR count). The molecule has 0 saturated carbocycles. The van der Waals surface area contributed by atoms with Gasteiger partial charge in [0, 0.05) is 17.6 Å². The average Bonchev–Trinajstić information content (AvgIpc) is 2.85. The van der Waals surface area contributed by atoms with Crippen LogP contribution in [-0.4, -0.2) is 17.8 Å². The van der Waals surface area contributed by atoms with Crippen molar-refractivity contribution in [2.75, 3.05) is 11.4 Å². The summed E-state index contributed by atoms with van der Waals surface area (Å²) in [5.41, 5.74) is 1.85. The van der Waals surface area contributed by atoms with E-state index >= 15 is 0 Å². The minimum atomic E-state index is -0.124. The predicted octanol–water partition coefficient (Wildman–Crippen LogP) is 4.41. The van der Waals surface area contributed by atoms with E-state index in [1.165, 1.54) is 11.3 Å². The van der Waals surface area contributed by atoms with E-state index in [-0.39, 0.29) is 5.41 Å². The van der Waals surface area contributed by atoms with Gasteiger partial charge in [0.25, 0.3) is 0 Å². The minimum Gasteiger partial charge on any atom is -0.318 e. The first-order valence-corrected chi connectivity index (χ1v) is 7.58. The Morgan fingerprint density at radius 1 is 1.25 bits per heavy atom. The molecular formula is C16H20N2OS. The normalized spacial score (nSPS) is 11.4. The van der Waals surface area contributed by atoms with E-state index in [0.717, 1.165) is 34.2 Å². The molecule has 0 spiro atoms. The highest BCUT2D eigenvalue weighted by Gasteiger charge is 2.24. The van der Waals surface area contributed by atoms with Gasteiger partial charge in [-0.2, -0.15) is 0 Å². The fraction of sp³-hybridized carbons (Fsp3) is 0.375. The summed E-state index contributed by atoms with van der Waals surface area (Å²) in [5.74, 6) is 0. The molecule has 0 N–H and O–H groups in total. The average molecular weight is 288 g/mol. The molecule has 0 fully saturated rings. The van der Waals surface area contributed by atoms with Crippen LogP contribution >= 0.6 is 11.3 Å². The molecule has 1 aromatic heterocycles. The van der Waals surface area contributed by atoms with E-state index in [1.807, 2.05) is 18.2 Å². The standard InChI is InChI=1S/C16H20N2OS/c1-5-18(12-9-7-6-8-10-12)15-17-14(16(2,3)4)13(11-19)20-15/h6-11H,5H2,1-4H3. The van der Waals surface area contributed by atoms with Gasteiger partial charge in [0.15, 0.2) is 11.4 Å². The van der Waals surface area contributed by atoms with Crippen molar-refractivity contribution in [3.05, 3.63) is 40.9 Å². The van der Waals surface area contributed by atoms with Gasteiger partial charge in [-0.1, -0.05) is 50.3 Å². The lowest BCUT2D eigenvalue weighted by Crippen LogP contribution is -2.17. The summed E-state index contributed by atoms with van der Waals surface area (Å²) >= 11 is 1.46. The number of carbonyl (C=O) groups excluding carboxylic acids is 1. The Labute approximate surface area is 124 Å². The van der Waals surface area contributed by atoms with E-state index < -0.39 is 0 Å². The second-order valence-electron chi connectivity index (χ2n) is 5.66. The number of nitrogens with zero attached hydrogens (tertiary/aromatic N) is 2. The molecule has 0 aliphatic rings. The van der Waals surface area contributed by atoms with Crippen LogP contribution in [0.5, 0.6) is 0 Å². The summed E-state index contributed by atoms with van der Waals surface area (Å²) < 4.78 is 0. The third-order valence-electron chi connectivity index (χ3n) is 3.07. The Morgan fingerprint density at radius 2 is 1.90 bits per heavy atom. The molecule has 0 saturated heterocycles. The molecule has 20 heavy (non-hydrogen) atoms. The van der Waals surface area contributed by atoms with Crippen LogP contribution in [0.1, 0.15) is 43.1 Å². The molecule has 1 heterocycles. The molecule has 0 radical (unpaired) electrons. The number of anilines is 2. The molecule has 0 amide bonds. The van der Waals surface area contributed by atoms with Crippen LogP contribution in [0.4, 0.5) is 10.8 Å². The number of benzene rings is 1. The van der Waals surface area contributed by atoms with Crippen molar-refractivity contribution in [1.82, 2.24) is 4.98 Å². The zero-order valence-corrected chi connectivity index (χ0v) is 13.2. The van der Waals surface area contributed by atoms with Crippen molar-refractivity contribution in [2.24, 2.45) is 0 Å². The maximum Gasteiger partial charge on any atom is 0.190 e. The van der Waals surface area contributed by atoms with Crippen LogP contribution in [0.3, 0.4) is 0 Å². The molecule has 1 aromatic carbocycles. The summed E-state index contributed by atoms with van der Waals surface area (Å²) in [6, 6.07) is 10.1. The van der Waals surface area contributed by atoms with Crippen molar-refractivity contribution in [2.45, 2.75) is 33.1 Å². The molecule has 0 unspecified atom stereocenters. The Balaban J connectivity index is 2.47. The fourth-order valence-corrected chi connectivity index (χ4v) is 3.26. The SMILES string of the molecule is CCN(c1ccccc1)c1nc(C(C)(C)C)c(C=O)s1. The van der Waals surface area contributed by atoms with Crippen LogP contribution in [0.2, 0.25) is 0 Å². The van der Waals surface area contributed by atoms with Crippen molar-refractivity contribution in [3.8, 4) is 0 Å². The van der Waals surface area contributed by atoms with Gasteiger partial charge < -0.3 is 4.90 Å². The third kappa shape index (κ3) is 2.90. The summed E-state index contributed by atoms with van der Waals surface area (Å²) in [6.07, 6.45) is 0.917.